The number of carbonyl (C=O) groups excluding carboxylic acids is 1. The van der Waals surface area contributed by atoms with Crippen LogP contribution in [0, 0.1) is 20.8 Å². The molecule has 1 saturated heterocycles. The van der Waals surface area contributed by atoms with Crippen LogP contribution in [0.3, 0.4) is 0 Å². The standard InChI is InChI=1S/C22H26O6S/c1-13-11-14(2)16(15(3)12-13)17-18(27-20(29)24-4)21(28-19(17)23)5-7-22(8-6-21)25-9-10-26-22/h11-12H,5-10H2,1-4H3. The molecule has 0 unspecified atom stereocenters. The van der Waals surface area contributed by atoms with E-state index in [1.54, 1.807) is 0 Å². The molecule has 0 radical (unpaired) electrons. The lowest BCUT2D eigenvalue weighted by atomic mass is 9.79. The monoisotopic (exact) mass is 418 g/mol. The van der Waals surface area contributed by atoms with Crippen molar-refractivity contribution >= 4 is 29.0 Å². The summed E-state index contributed by atoms with van der Waals surface area (Å²) >= 11 is 5.18. The van der Waals surface area contributed by atoms with Crippen LogP contribution in [0.1, 0.15) is 47.9 Å². The third kappa shape index (κ3) is 3.45. The van der Waals surface area contributed by atoms with Crippen LogP contribution in [0.5, 0.6) is 0 Å². The van der Waals surface area contributed by atoms with Gasteiger partial charge in [-0.05, 0) is 50.3 Å². The molecule has 0 atom stereocenters. The Labute approximate surface area is 176 Å². The second-order valence-electron chi connectivity index (χ2n) is 8.03. The Bertz CT molecular complexity index is 864. The van der Waals surface area contributed by atoms with E-state index in [0.29, 0.717) is 50.2 Å². The first-order chi connectivity index (χ1) is 13.8. The number of ether oxygens (including phenoxy) is 5. The summed E-state index contributed by atoms with van der Waals surface area (Å²) in [5, 5.41) is -0.0359. The van der Waals surface area contributed by atoms with E-state index in [0.717, 1.165) is 22.3 Å². The smallest absolute Gasteiger partial charge is 0.357 e. The molecule has 7 heteroatoms. The fourth-order valence-electron chi connectivity index (χ4n) is 4.80. The molecule has 1 aromatic rings. The third-order valence-electron chi connectivity index (χ3n) is 6.05. The van der Waals surface area contributed by atoms with Gasteiger partial charge in [0.15, 0.2) is 17.1 Å². The molecule has 0 amide bonds. The lowest BCUT2D eigenvalue weighted by Crippen LogP contribution is -2.45. The van der Waals surface area contributed by atoms with Crippen molar-refractivity contribution in [2.24, 2.45) is 0 Å². The van der Waals surface area contributed by atoms with E-state index in [1.165, 1.54) is 7.11 Å². The molecule has 4 rings (SSSR count). The van der Waals surface area contributed by atoms with Crippen LogP contribution in [-0.4, -0.2) is 42.9 Å². The third-order valence-corrected chi connectivity index (χ3v) is 6.30. The number of carbonyl (C=O) groups is 1. The summed E-state index contributed by atoms with van der Waals surface area (Å²) in [7, 11) is 1.45. The number of esters is 1. The number of aryl methyl sites for hydroxylation is 3. The van der Waals surface area contributed by atoms with Gasteiger partial charge in [0, 0.05) is 25.1 Å². The van der Waals surface area contributed by atoms with Gasteiger partial charge < -0.3 is 23.7 Å². The maximum absolute atomic E-state index is 13.1. The predicted octanol–water partition coefficient (Wildman–Crippen LogP) is 3.88. The van der Waals surface area contributed by atoms with Crippen molar-refractivity contribution in [1.82, 2.24) is 0 Å². The zero-order chi connectivity index (χ0) is 20.8. The van der Waals surface area contributed by atoms with E-state index in [9.17, 15) is 4.79 Å². The summed E-state index contributed by atoms with van der Waals surface area (Å²) in [6.45, 7) is 7.19. The Balaban J connectivity index is 1.80. The van der Waals surface area contributed by atoms with Crippen molar-refractivity contribution in [3.05, 3.63) is 40.1 Å². The molecule has 3 aliphatic rings. The normalized spacial score (nSPS) is 22.3. The number of hydrogen-bond acceptors (Lipinski definition) is 7. The van der Waals surface area contributed by atoms with E-state index >= 15 is 0 Å². The highest BCUT2D eigenvalue weighted by atomic mass is 32.1. The van der Waals surface area contributed by atoms with E-state index in [-0.39, 0.29) is 5.24 Å². The molecule has 156 valence electrons. The Morgan fingerprint density at radius 2 is 1.62 bits per heavy atom. The van der Waals surface area contributed by atoms with Gasteiger partial charge in [0.25, 0.3) is 0 Å². The van der Waals surface area contributed by atoms with Crippen molar-refractivity contribution < 1.29 is 28.5 Å². The summed E-state index contributed by atoms with van der Waals surface area (Å²) in [5.41, 5.74) is 3.50. The zero-order valence-corrected chi connectivity index (χ0v) is 18.1. The van der Waals surface area contributed by atoms with Crippen LogP contribution in [0.4, 0.5) is 0 Å². The molecule has 2 spiro atoms. The highest BCUT2D eigenvalue weighted by molar-refractivity contribution is 7.79. The minimum atomic E-state index is -0.890. The van der Waals surface area contributed by atoms with Gasteiger partial charge in [0.2, 0.25) is 0 Å². The molecule has 1 aromatic carbocycles. The molecular formula is C22H26O6S. The van der Waals surface area contributed by atoms with Crippen LogP contribution >= 0.6 is 12.2 Å². The molecular weight excluding hydrogens is 392 g/mol. The summed E-state index contributed by atoms with van der Waals surface area (Å²) < 4.78 is 28.7. The topological polar surface area (TPSA) is 63.2 Å². The van der Waals surface area contributed by atoms with Crippen LogP contribution in [0.2, 0.25) is 0 Å². The van der Waals surface area contributed by atoms with Crippen LogP contribution in [0.25, 0.3) is 5.57 Å². The first-order valence-corrected chi connectivity index (χ1v) is 10.3. The number of hydrogen-bond donors (Lipinski definition) is 0. The van der Waals surface area contributed by atoms with Gasteiger partial charge in [-0.25, -0.2) is 4.79 Å². The molecule has 2 fully saturated rings. The highest BCUT2D eigenvalue weighted by Gasteiger charge is 2.56. The fraction of sp³-hybridized carbons (Fsp3) is 0.545. The molecule has 1 saturated carbocycles. The van der Waals surface area contributed by atoms with Crippen molar-refractivity contribution in [2.75, 3.05) is 20.3 Å². The predicted molar refractivity (Wildman–Crippen MR) is 110 cm³/mol. The number of rotatable bonds is 2. The summed E-state index contributed by atoms with van der Waals surface area (Å²) in [6.07, 6.45) is 2.31. The summed E-state index contributed by atoms with van der Waals surface area (Å²) in [6, 6.07) is 4.10. The largest absolute Gasteiger partial charge is 0.460 e. The summed E-state index contributed by atoms with van der Waals surface area (Å²) in [5.74, 6) is -0.529. The molecule has 0 N–H and O–H groups in total. The SMILES string of the molecule is COC(=S)OC1=C(c2c(C)cc(C)cc2C)C(=O)OC12CCC1(CC2)OCCO1. The van der Waals surface area contributed by atoms with Crippen molar-refractivity contribution in [2.45, 2.75) is 57.8 Å². The molecule has 2 heterocycles. The van der Waals surface area contributed by atoms with Gasteiger partial charge in [-0.2, -0.15) is 0 Å². The highest BCUT2D eigenvalue weighted by Crippen LogP contribution is 2.51. The van der Waals surface area contributed by atoms with E-state index < -0.39 is 17.4 Å². The molecule has 2 aliphatic heterocycles. The Hall–Kier alpha value is -1.96. The van der Waals surface area contributed by atoms with Crippen molar-refractivity contribution in [3.8, 4) is 0 Å². The van der Waals surface area contributed by atoms with E-state index in [4.69, 9.17) is 35.9 Å². The molecule has 0 bridgehead atoms. The minimum Gasteiger partial charge on any atom is -0.460 e. The van der Waals surface area contributed by atoms with Crippen LogP contribution < -0.4 is 0 Å². The molecule has 1 aliphatic carbocycles. The zero-order valence-electron chi connectivity index (χ0n) is 17.3. The Morgan fingerprint density at radius 1 is 1.03 bits per heavy atom. The summed E-state index contributed by atoms with van der Waals surface area (Å²) in [4.78, 5) is 13.1. The van der Waals surface area contributed by atoms with Crippen molar-refractivity contribution in [1.29, 1.82) is 0 Å². The maximum atomic E-state index is 13.1. The molecule has 6 nitrogen and oxygen atoms in total. The van der Waals surface area contributed by atoms with Gasteiger partial charge in [-0.3, -0.25) is 0 Å². The quantitative estimate of drug-likeness (QED) is 0.533. The molecule has 0 aromatic heterocycles. The minimum absolute atomic E-state index is 0.0359. The van der Waals surface area contributed by atoms with Crippen molar-refractivity contribution in [3.63, 3.8) is 0 Å². The van der Waals surface area contributed by atoms with Crippen LogP contribution in [-0.2, 0) is 28.5 Å². The fourth-order valence-corrected chi connectivity index (χ4v) is 4.89. The number of benzene rings is 1. The maximum Gasteiger partial charge on any atom is 0.357 e. The number of thiocarbonyl (C=S) groups is 1. The Morgan fingerprint density at radius 3 is 2.17 bits per heavy atom. The lowest BCUT2D eigenvalue weighted by molar-refractivity contribution is -0.205. The van der Waals surface area contributed by atoms with Gasteiger partial charge >= 0.3 is 11.2 Å². The van der Waals surface area contributed by atoms with E-state index in [1.807, 2.05) is 20.8 Å². The molecule has 29 heavy (non-hydrogen) atoms. The van der Waals surface area contributed by atoms with Gasteiger partial charge in [-0.1, -0.05) is 17.7 Å². The average Bonchev–Trinajstić information content (AvgIpc) is 3.22. The van der Waals surface area contributed by atoms with E-state index in [2.05, 4.69) is 12.1 Å². The van der Waals surface area contributed by atoms with Crippen LogP contribution in [0.15, 0.2) is 17.9 Å². The second kappa shape index (κ2) is 7.38. The lowest BCUT2D eigenvalue weighted by Gasteiger charge is -2.40. The first kappa shape index (κ1) is 20.3. The second-order valence-corrected chi connectivity index (χ2v) is 8.36. The Kier molecular flexibility index (Phi) is 5.17. The number of methoxy groups -OCH3 is 1. The van der Waals surface area contributed by atoms with Gasteiger partial charge in [0.1, 0.15) is 5.57 Å². The average molecular weight is 419 g/mol. The van der Waals surface area contributed by atoms with Gasteiger partial charge in [-0.15, -0.1) is 0 Å². The van der Waals surface area contributed by atoms with Gasteiger partial charge in [0.05, 0.1) is 20.3 Å². The first-order valence-electron chi connectivity index (χ1n) is 9.89.